The quantitative estimate of drug-likeness (QED) is 0.575. The first-order valence-corrected chi connectivity index (χ1v) is 6.82. The lowest BCUT2D eigenvalue weighted by Crippen LogP contribution is -2.12. The van der Waals surface area contributed by atoms with Gasteiger partial charge in [0.2, 0.25) is 0 Å². The fourth-order valence-corrected chi connectivity index (χ4v) is 2.41. The molecule has 1 rings (SSSR count). The summed E-state index contributed by atoms with van der Waals surface area (Å²) in [4.78, 5) is 16.1. The van der Waals surface area contributed by atoms with Gasteiger partial charge < -0.3 is 4.84 Å². The van der Waals surface area contributed by atoms with E-state index in [1.807, 2.05) is 6.92 Å². The van der Waals surface area contributed by atoms with Crippen LogP contribution in [0.4, 0.5) is 0 Å². The van der Waals surface area contributed by atoms with Gasteiger partial charge in [0, 0.05) is 0 Å². The molecule has 0 radical (unpaired) electrons. The molecule has 1 saturated carbocycles. The molecular weight excluding hydrogens is 242 g/mol. The van der Waals surface area contributed by atoms with E-state index in [4.69, 9.17) is 17.1 Å². The molecule has 0 amide bonds. The molecule has 90 valence electrons. The lowest BCUT2D eigenvalue weighted by molar-refractivity contribution is -0.116. The Labute approximate surface area is 106 Å². The molecule has 3 nitrogen and oxygen atoms in total. The number of carbonyl (C=O) groups is 1. The molecule has 0 aromatic rings. The van der Waals surface area contributed by atoms with Gasteiger partial charge in [-0.3, -0.25) is 4.79 Å². The van der Waals surface area contributed by atoms with E-state index < -0.39 is 0 Å². The van der Waals surface area contributed by atoms with E-state index in [1.165, 1.54) is 31.0 Å². The van der Waals surface area contributed by atoms with Crippen LogP contribution >= 0.6 is 24.0 Å². The first-order valence-electron chi connectivity index (χ1n) is 5.53. The van der Waals surface area contributed by atoms with Gasteiger partial charge in [-0.15, -0.1) is 0 Å². The third-order valence-corrected chi connectivity index (χ3v) is 3.84. The highest BCUT2D eigenvalue weighted by molar-refractivity contribution is 8.23. The summed E-state index contributed by atoms with van der Waals surface area (Å²) in [5.74, 6) is 0.0984. The van der Waals surface area contributed by atoms with E-state index >= 15 is 0 Å². The zero-order chi connectivity index (χ0) is 12.0. The highest BCUT2D eigenvalue weighted by Crippen LogP contribution is 2.18. The molecule has 0 saturated heterocycles. The maximum Gasteiger partial charge on any atom is 0.256 e. The highest BCUT2D eigenvalue weighted by atomic mass is 32.2. The number of hydrogen-bond acceptors (Lipinski definition) is 5. The number of thioether (sulfide) groups is 1. The van der Waals surface area contributed by atoms with Crippen LogP contribution in [-0.4, -0.2) is 21.1 Å². The topological polar surface area (TPSA) is 38.7 Å². The fraction of sp³-hybridized carbons (Fsp3) is 0.727. The van der Waals surface area contributed by atoms with Crippen molar-refractivity contribution < 1.29 is 9.63 Å². The number of hydrogen-bond donors (Lipinski definition) is 0. The summed E-state index contributed by atoms with van der Waals surface area (Å²) in [5, 5.41) is 3.89. The van der Waals surface area contributed by atoms with Crippen LogP contribution in [0.3, 0.4) is 0 Å². The van der Waals surface area contributed by atoms with E-state index in [-0.39, 0.29) is 11.0 Å². The number of ketones is 1. The molecular formula is C11H17NO2S2. The largest absolute Gasteiger partial charge is 0.338 e. The van der Waals surface area contributed by atoms with E-state index in [1.54, 1.807) is 6.92 Å². The molecule has 0 spiro atoms. The molecule has 0 N–H and O–H groups in total. The zero-order valence-electron chi connectivity index (χ0n) is 9.69. The van der Waals surface area contributed by atoms with Gasteiger partial charge in [0.25, 0.3) is 4.38 Å². The summed E-state index contributed by atoms with van der Waals surface area (Å²) in [6.45, 7) is 3.36. The van der Waals surface area contributed by atoms with Gasteiger partial charge in [0.05, 0.1) is 11.0 Å². The molecule has 0 aromatic carbocycles. The van der Waals surface area contributed by atoms with E-state index in [2.05, 4.69) is 5.16 Å². The Morgan fingerprint density at radius 3 is 2.62 bits per heavy atom. The first kappa shape index (κ1) is 13.6. The van der Waals surface area contributed by atoms with E-state index in [0.29, 0.717) is 4.38 Å². The minimum atomic E-state index is -0.154. The monoisotopic (exact) mass is 259 g/mol. The minimum Gasteiger partial charge on any atom is -0.338 e. The molecule has 0 bridgehead atoms. The standard InChI is InChI=1S/C11H17NO2S2/c1-8(13)9(2)16-11(15)14-12-10-6-4-3-5-7-10/h9H,3-7H2,1-2H3. The second-order valence-corrected chi connectivity index (χ2v) is 5.87. The molecule has 1 unspecified atom stereocenters. The van der Waals surface area contributed by atoms with Crippen LogP contribution in [0.15, 0.2) is 5.16 Å². The third-order valence-electron chi connectivity index (χ3n) is 2.53. The number of Topliss-reactive ketones (excluding diaryl/α,β-unsaturated/α-hetero) is 1. The summed E-state index contributed by atoms with van der Waals surface area (Å²) < 4.78 is 0.334. The predicted octanol–water partition coefficient (Wildman–Crippen LogP) is 3.32. The van der Waals surface area contributed by atoms with Gasteiger partial charge in [-0.2, -0.15) is 0 Å². The Balaban J connectivity index is 2.31. The molecule has 0 heterocycles. The maximum atomic E-state index is 11.0. The molecule has 1 fully saturated rings. The van der Waals surface area contributed by atoms with Crippen molar-refractivity contribution in [2.75, 3.05) is 0 Å². The summed E-state index contributed by atoms with van der Waals surface area (Å²) in [5.41, 5.74) is 1.09. The predicted molar refractivity (Wildman–Crippen MR) is 71.9 cm³/mol. The molecule has 5 heteroatoms. The Kier molecular flexibility index (Phi) is 5.98. The van der Waals surface area contributed by atoms with Crippen molar-refractivity contribution in [3.8, 4) is 0 Å². The number of oxime groups is 1. The summed E-state index contributed by atoms with van der Waals surface area (Å²) in [7, 11) is 0. The van der Waals surface area contributed by atoms with Crippen molar-refractivity contribution in [2.45, 2.75) is 51.2 Å². The maximum absolute atomic E-state index is 11.0. The Morgan fingerprint density at radius 1 is 1.44 bits per heavy atom. The number of thiocarbonyl (C=S) groups is 1. The molecule has 1 atom stereocenters. The molecule has 0 aromatic heterocycles. The third kappa shape index (κ3) is 5.07. The van der Waals surface area contributed by atoms with Crippen LogP contribution in [0, 0.1) is 0 Å². The van der Waals surface area contributed by atoms with Gasteiger partial charge in [0.1, 0.15) is 5.78 Å². The number of carbonyl (C=O) groups excluding carboxylic acids is 1. The second kappa shape index (κ2) is 7.01. The van der Waals surface area contributed by atoms with Crippen molar-refractivity contribution >= 4 is 39.9 Å². The van der Waals surface area contributed by atoms with Crippen molar-refractivity contribution in [1.29, 1.82) is 0 Å². The summed E-state index contributed by atoms with van der Waals surface area (Å²) in [6, 6.07) is 0. The smallest absolute Gasteiger partial charge is 0.256 e. The van der Waals surface area contributed by atoms with Crippen LogP contribution in [0.1, 0.15) is 46.0 Å². The summed E-state index contributed by atoms with van der Waals surface area (Å²) >= 11 is 6.25. The van der Waals surface area contributed by atoms with Crippen LogP contribution in [0.2, 0.25) is 0 Å². The van der Waals surface area contributed by atoms with Crippen LogP contribution < -0.4 is 0 Å². The van der Waals surface area contributed by atoms with Crippen molar-refractivity contribution in [1.82, 2.24) is 0 Å². The fourth-order valence-electron chi connectivity index (χ4n) is 1.40. The first-order chi connectivity index (χ1) is 7.59. The van der Waals surface area contributed by atoms with Crippen LogP contribution in [0.25, 0.3) is 0 Å². The van der Waals surface area contributed by atoms with E-state index in [9.17, 15) is 4.79 Å². The van der Waals surface area contributed by atoms with Crippen molar-refractivity contribution in [3.63, 3.8) is 0 Å². The van der Waals surface area contributed by atoms with Gasteiger partial charge in [-0.05, 0) is 51.7 Å². The average molecular weight is 259 g/mol. The number of nitrogens with zero attached hydrogens (tertiary/aromatic N) is 1. The Bertz CT molecular complexity index is 294. The minimum absolute atomic E-state index is 0.0984. The van der Waals surface area contributed by atoms with Crippen molar-refractivity contribution in [2.24, 2.45) is 5.16 Å². The van der Waals surface area contributed by atoms with Gasteiger partial charge in [0.15, 0.2) is 0 Å². The SMILES string of the molecule is CC(=O)C(C)SC(=S)ON=C1CCCCC1. The molecule has 0 aliphatic heterocycles. The zero-order valence-corrected chi connectivity index (χ0v) is 11.3. The van der Waals surface area contributed by atoms with Crippen LogP contribution in [-0.2, 0) is 9.63 Å². The molecule has 1 aliphatic carbocycles. The second-order valence-electron chi connectivity index (χ2n) is 3.93. The van der Waals surface area contributed by atoms with Crippen LogP contribution in [0.5, 0.6) is 0 Å². The summed E-state index contributed by atoms with van der Waals surface area (Å²) in [6.07, 6.45) is 5.67. The molecule has 16 heavy (non-hydrogen) atoms. The van der Waals surface area contributed by atoms with Gasteiger partial charge in [-0.25, -0.2) is 0 Å². The van der Waals surface area contributed by atoms with E-state index in [0.717, 1.165) is 18.6 Å². The lowest BCUT2D eigenvalue weighted by Gasteiger charge is -2.12. The average Bonchev–Trinajstić information content (AvgIpc) is 2.27. The Hall–Kier alpha value is -0.420. The molecule has 1 aliphatic rings. The Morgan fingerprint density at radius 2 is 2.06 bits per heavy atom. The van der Waals surface area contributed by atoms with Gasteiger partial charge >= 0.3 is 0 Å². The lowest BCUT2D eigenvalue weighted by atomic mass is 9.99. The number of rotatable bonds is 3. The van der Waals surface area contributed by atoms with Crippen molar-refractivity contribution in [3.05, 3.63) is 0 Å². The van der Waals surface area contributed by atoms with Gasteiger partial charge in [-0.1, -0.05) is 23.3 Å². The highest BCUT2D eigenvalue weighted by Gasteiger charge is 2.13. The normalized spacial score (nSPS) is 17.8.